The van der Waals surface area contributed by atoms with E-state index in [1.54, 1.807) is 7.05 Å². The lowest BCUT2D eigenvalue weighted by atomic mass is 9.95. The summed E-state index contributed by atoms with van der Waals surface area (Å²) in [6, 6.07) is 10.3. The molecule has 4 heteroatoms. The van der Waals surface area contributed by atoms with Crippen LogP contribution >= 0.6 is 0 Å². The summed E-state index contributed by atoms with van der Waals surface area (Å²) in [4.78, 5) is 8.55. The number of aliphatic imine (C=N–C) groups is 1. The van der Waals surface area contributed by atoms with Crippen LogP contribution in [-0.4, -0.2) is 22.8 Å². The van der Waals surface area contributed by atoms with E-state index < -0.39 is 0 Å². The lowest BCUT2D eigenvalue weighted by Crippen LogP contribution is -2.20. The van der Waals surface area contributed by atoms with Crippen molar-refractivity contribution in [3.63, 3.8) is 0 Å². The lowest BCUT2D eigenvalue weighted by molar-refractivity contribution is 0.456. The maximum atomic E-state index is 8.90. The summed E-state index contributed by atoms with van der Waals surface area (Å²) in [5.74, 6) is 0.913. The van der Waals surface area contributed by atoms with Gasteiger partial charge in [0, 0.05) is 18.9 Å². The van der Waals surface area contributed by atoms with Crippen LogP contribution in [0.15, 0.2) is 35.5 Å². The molecule has 20 heavy (non-hydrogen) atoms. The summed E-state index contributed by atoms with van der Waals surface area (Å²) in [7, 11) is 1.77. The Morgan fingerprint density at radius 1 is 1.40 bits per heavy atom. The van der Waals surface area contributed by atoms with Gasteiger partial charge in [0.1, 0.15) is 0 Å². The smallest absolute Gasteiger partial charge is 0.151 e. The van der Waals surface area contributed by atoms with Crippen molar-refractivity contribution in [1.82, 2.24) is 9.55 Å². The highest BCUT2D eigenvalue weighted by atomic mass is 15.1. The van der Waals surface area contributed by atoms with E-state index in [4.69, 9.17) is 5.26 Å². The molecule has 100 valence electrons. The number of fused-ring (bicyclic) bond motifs is 1. The van der Waals surface area contributed by atoms with Crippen molar-refractivity contribution in [1.29, 1.82) is 5.26 Å². The summed E-state index contributed by atoms with van der Waals surface area (Å²) < 4.78 is 2.28. The zero-order valence-electron chi connectivity index (χ0n) is 11.5. The number of nitrogens with zero attached hydrogens (tertiary/aromatic N) is 4. The second kappa shape index (κ2) is 5.30. The van der Waals surface area contributed by atoms with Gasteiger partial charge >= 0.3 is 0 Å². The van der Waals surface area contributed by atoms with E-state index in [0.717, 1.165) is 18.7 Å². The number of benzene rings is 1. The summed E-state index contributed by atoms with van der Waals surface area (Å²) in [6.45, 7) is 0. The number of aromatic nitrogens is 2. The Kier molecular flexibility index (Phi) is 3.34. The summed E-state index contributed by atoms with van der Waals surface area (Å²) in [5.41, 5.74) is 3.19. The lowest BCUT2D eigenvalue weighted by Gasteiger charge is -2.27. The third-order valence-corrected chi connectivity index (χ3v) is 3.79. The Labute approximate surface area is 118 Å². The van der Waals surface area contributed by atoms with Crippen molar-refractivity contribution < 1.29 is 0 Å². The first-order valence-electron chi connectivity index (χ1n) is 6.82. The van der Waals surface area contributed by atoms with Gasteiger partial charge in [0.2, 0.25) is 0 Å². The molecule has 0 saturated heterocycles. The standard InChI is InChI=1S/C16H16N4/c1-18-11-16-19-10-14-3-2-4-15(20(14)16)13-7-5-12(9-17)6-8-13/h5-8,10-11,15H,2-4H2,1H3. The monoisotopic (exact) mass is 264 g/mol. The normalized spacial score (nSPS) is 17.9. The molecule has 2 heterocycles. The molecule has 0 bridgehead atoms. The first-order valence-corrected chi connectivity index (χ1v) is 6.82. The largest absolute Gasteiger partial charge is 0.320 e. The molecule has 0 spiro atoms. The van der Waals surface area contributed by atoms with Crippen molar-refractivity contribution >= 4 is 6.21 Å². The zero-order chi connectivity index (χ0) is 13.9. The van der Waals surface area contributed by atoms with Gasteiger partial charge in [0.25, 0.3) is 0 Å². The molecule has 4 nitrogen and oxygen atoms in total. The van der Waals surface area contributed by atoms with Crippen molar-refractivity contribution in [3.8, 4) is 6.07 Å². The van der Waals surface area contributed by atoms with Crippen LogP contribution in [0.4, 0.5) is 0 Å². The van der Waals surface area contributed by atoms with Gasteiger partial charge in [0.15, 0.2) is 5.82 Å². The second-order valence-corrected chi connectivity index (χ2v) is 5.01. The molecule has 1 aliphatic heterocycles. The Morgan fingerprint density at radius 2 is 2.20 bits per heavy atom. The quantitative estimate of drug-likeness (QED) is 0.783. The van der Waals surface area contributed by atoms with E-state index in [9.17, 15) is 0 Å². The van der Waals surface area contributed by atoms with Crippen molar-refractivity contribution in [2.24, 2.45) is 4.99 Å². The van der Waals surface area contributed by atoms with Crippen LogP contribution in [0.2, 0.25) is 0 Å². The molecule has 1 aromatic heterocycles. The molecule has 0 radical (unpaired) electrons. The fourth-order valence-corrected chi connectivity index (χ4v) is 2.87. The van der Waals surface area contributed by atoms with E-state index in [-0.39, 0.29) is 0 Å². The highest BCUT2D eigenvalue weighted by Gasteiger charge is 2.23. The zero-order valence-corrected chi connectivity index (χ0v) is 11.5. The van der Waals surface area contributed by atoms with Gasteiger partial charge in [-0.1, -0.05) is 12.1 Å². The fraction of sp³-hybridized carbons (Fsp3) is 0.312. The van der Waals surface area contributed by atoms with Crippen LogP contribution in [0.1, 0.15) is 41.5 Å². The predicted molar refractivity (Wildman–Crippen MR) is 78.0 cm³/mol. The molecule has 1 atom stereocenters. The maximum Gasteiger partial charge on any atom is 0.151 e. The summed E-state index contributed by atoms with van der Waals surface area (Å²) >= 11 is 0. The molecule has 0 saturated carbocycles. The van der Waals surface area contributed by atoms with E-state index in [0.29, 0.717) is 11.6 Å². The second-order valence-electron chi connectivity index (χ2n) is 5.01. The van der Waals surface area contributed by atoms with E-state index in [2.05, 4.69) is 20.6 Å². The Morgan fingerprint density at radius 3 is 2.90 bits per heavy atom. The highest BCUT2D eigenvalue weighted by molar-refractivity contribution is 5.75. The molecular formula is C16H16N4. The van der Waals surface area contributed by atoms with Gasteiger partial charge in [-0.15, -0.1) is 0 Å². The predicted octanol–water partition coefficient (Wildman–Crippen LogP) is 2.73. The minimum atomic E-state index is 0.294. The van der Waals surface area contributed by atoms with E-state index >= 15 is 0 Å². The van der Waals surface area contributed by atoms with Crippen molar-refractivity contribution in [3.05, 3.63) is 53.1 Å². The van der Waals surface area contributed by atoms with E-state index in [1.165, 1.54) is 17.7 Å². The number of hydrogen-bond acceptors (Lipinski definition) is 3. The molecule has 1 aromatic carbocycles. The van der Waals surface area contributed by atoms with Gasteiger partial charge in [-0.3, -0.25) is 4.99 Å². The molecule has 1 aliphatic rings. The van der Waals surface area contributed by atoms with Crippen LogP contribution in [-0.2, 0) is 6.42 Å². The van der Waals surface area contributed by atoms with Gasteiger partial charge in [0.05, 0.1) is 23.9 Å². The minimum Gasteiger partial charge on any atom is -0.320 e. The first-order chi connectivity index (χ1) is 9.83. The first kappa shape index (κ1) is 12.6. The van der Waals surface area contributed by atoms with Crippen LogP contribution < -0.4 is 0 Å². The molecule has 0 N–H and O–H groups in total. The van der Waals surface area contributed by atoms with Gasteiger partial charge in [-0.2, -0.15) is 5.26 Å². The molecular weight excluding hydrogens is 248 g/mol. The summed E-state index contributed by atoms with van der Waals surface area (Å²) in [6.07, 6.45) is 7.09. The Hall–Kier alpha value is -2.41. The molecule has 2 aromatic rings. The third kappa shape index (κ3) is 2.12. The number of rotatable bonds is 2. The fourth-order valence-electron chi connectivity index (χ4n) is 2.87. The van der Waals surface area contributed by atoms with Gasteiger partial charge in [-0.25, -0.2) is 4.98 Å². The number of nitriles is 1. The topological polar surface area (TPSA) is 54.0 Å². The number of aryl methyl sites for hydroxylation is 1. The van der Waals surface area contributed by atoms with E-state index in [1.807, 2.05) is 36.7 Å². The average Bonchev–Trinajstić information content (AvgIpc) is 2.91. The van der Waals surface area contributed by atoms with Gasteiger partial charge in [-0.05, 0) is 37.0 Å². The van der Waals surface area contributed by atoms with Crippen LogP contribution in [0.3, 0.4) is 0 Å². The molecule has 1 unspecified atom stereocenters. The third-order valence-electron chi connectivity index (χ3n) is 3.79. The summed E-state index contributed by atoms with van der Waals surface area (Å²) in [5, 5.41) is 8.90. The average molecular weight is 264 g/mol. The van der Waals surface area contributed by atoms with Crippen LogP contribution in [0, 0.1) is 11.3 Å². The Bertz CT molecular complexity index is 673. The molecule has 0 aliphatic carbocycles. The molecule has 3 rings (SSSR count). The maximum absolute atomic E-state index is 8.90. The minimum absolute atomic E-state index is 0.294. The van der Waals surface area contributed by atoms with Crippen molar-refractivity contribution in [2.45, 2.75) is 25.3 Å². The Balaban J connectivity index is 2.04. The number of hydrogen-bond donors (Lipinski definition) is 0. The SMILES string of the molecule is CN=Cc1ncc2n1C(c1ccc(C#N)cc1)CCC2. The molecule has 0 fully saturated rings. The van der Waals surface area contributed by atoms with Crippen molar-refractivity contribution in [2.75, 3.05) is 7.05 Å². The van der Waals surface area contributed by atoms with Crippen LogP contribution in [0.5, 0.6) is 0 Å². The number of imidazole rings is 1. The van der Waals surface area contributed by atoms with Gasteiger partial charge < -0.3 is 4.57 Å². The molecule has 0 amide bonds. The highest BCUT2D eigenvalue weighted by Crippen LogP contribution is 2.31. The van der Waals surface area contributed by atoms with Crippen LogP contribution in [0.25, 0.3) is 0 Å².